The quantitative estimate of drug-likeness (QED) is 0.243. The van der Waals surface area contributed by atoms with Gasteiger partial charge in [-0.2, -0.15) is 0 Å². The van der Waals surface area contributed by atoms with Crippen molar-refractivity contribution in [3.05, 3.63) is 12.2 Å². The summed E-state index contributed by atoms with van der Waals surface area (Å²) in [5.74, 6) is 0.0218. The molecule has 1 rings (SSSR count). The van der Waals surface area contributed by atoms with E-state index < -0.39 is 0 Å². The van der Waals surface area contributed by atoms with E-state index >= 15 is 0 Å². The third kappa shape index (κ3) is 9.71. The molecular weight excluding hydrogens is 260 g/mol. The van der Waals surface area contributed by atoms with Crippen LogP contribution in [0.2, 0.25) is 0 Å². The SMILES string of the molecule is CCCCCCCCCCCCCOC(=O)C1C=CCC1. The highest BCUT2D eigenvalue weighted by Crippen LogP contribution is 2.18. The van der Waals surface area contributed by atoms with Crippen molar-refractivity contribution < 1.29 is 9.53 Å². The van der Waals surface area contributed by atoms with Crippen LogP contribution in [-0.4, -0.2) is 12.6 Å². The molecule has 0 saturated heterocycles. The maximum absolute atomic E-state index is 11.7. The highest BCUT2D eigenvalue weighted by molar-refractivity contribution is 5.74. The van der Waals surface area contributed by atoms with E-state index in [4.69, 9.17) is 4.74 Å². The fourth-order valence-electron chi connectivity index (χ4n) is 2.87. The van der Waals surface area contributed by atoms with Crippen molar-refractivity contribution in [2.45, 2.75) is 90.4 Å². The van der Waals surface area contributed by atoms with Gasteiger partial charge in [0.25, 0.3) is 0 Å². The molecule has 0 aromatic rings. The molecule has 0 amide bonds. The average molecular weight is 294 g/mol. The number of rotatable bonds is 13. The van der Waals surface area contributed by atoms with Gasteiger partial charge < -0.3 is 4.74 Å². The van der Waals surface area contributed by atoms with E-state index in [0.29, 0.717) is 6.61 Å². The molecule has 0 spiro atoms. The average Bonchev–Trinajstić information content (AvgIpc) is 3.02. The summed E-state index contributed by atoms with van der Waals surface area (Å²) in [7, 11) is 0. The van der Waals surface area contributed by atoms with Crippen LogP contribution in [0.3, 0.4) is 0 Å². The summed E-state index contributed by atoms with van der Waals surface area (Å²) in [6, 6.07) is 0. The van der Waals surface area contributed by atoms with Crippen LogP contribution < -0.4 is 0 Å². The Labute approximate surface area is 131 Å². The Kier molecular flexibility index (Phi) is 11.2. The first-order valence-corrected chi connectivity index (χ1v) is 9.18. The highest BCUT2D eigenvalue weighted by Gasteiger charge is 2.18. The van der Waals surface area contributed by atoms with Crippen molar-refractivity contribution >= 4 is 5.97 Å². The third-order valence-electron chi connectivity index (χ3n) is 4.31. The zero-order valence-electron chi connectivity index (χ0n) is 13.9. The first-order valence-electron chi connectivity index (χ1n) is 9.18. The number of carbonyl (C=O) groups excluding carboxylic acids is 1. The standard InChI is InChI=1S/C19H34O2/c1-2-3-4-5-6-7-8-9-10-11-14-17-21-19(20)18-15-12-13-16-18/h12,15,18H,2-11,13-14,16-17H2,1H3. The number of unbranched alkanes of at least 4 members (excludes halogenated alkanes) is 10. The van der Waals surface area contributed by atoms with E-state index in [0.717, 1.165) is 19.3 Å². The minimum atomic E-state index is -0.0178. The Bertz CT molecular complexity index is 283. The first kappa shape index (κ1) is 18.3. The lowest BCUT2D eigenvalue weighted by Gasteiger charge is -2.08. The second-order valence-corrected chi connectivity index (χ2v) is 6.32. The molecule has 0 aromatic heterocycles. The minimum absolute atomic E-state index is 0.0178. The second-order valence-electron chi connectivity index (χ2n) is 6.32. The van der Waals surface area contributed by atoms with Gasteiger partial charge in [-0.1, -0.05) is 83.3 Å². The number of ether oxygens (including phenoxy) is 1. The molecule has 0 aliphatic heterocycles. The Morgan fingerprint density at radius 2 is 1.52 bits per heavy atom. The Hall–Kier alpha value is -0.790. The molecule has 1 aliphatic rings. The van der Waals surface area contributed by atoms with Crippen LogP contribution in [0.15, 0.2) is 12.2 Å². The largest absolute Gasteiger partial charge is 0.465 e. The van der Waals surface area contributed by atoms with E-state index in [9.17, 15) is 4.79 Å². The second kappa shape index (κ2) is 12.9. The molecule has 1 unspecified atom stereocenters. The molecule has 1 atom stereocenters. The van der Waals surface area contributed by atoms with Crippen LogP contribution in [0.1, 0.15) is 90.4 Å². The molecule has 2 heteroatoms. The van der Waals surface area contributed by atoms with Crippen molar-refractivity contribution in [2.75, 3.05) is 6.61 Å². The summed E-state index contributed by atoms with van der Waals surface area (Å²) in [5.41, 5.74) is 0. The van der Waals surface area contributed by atoms with Crippen molar-refractivity contribution in [2.24, 2.45) is 5.92 Å². The molecule has 2 nitrogen and oxygen atoms in total. The van der Waals surface area contributed by atoms with Gasteiger partial charge in [0.15, 0.2) is 0 Å². The van der Waals surface area contributed by atoms with E-state index in [1.807, 2.05) is 6.08 Å². The third-order valence-corrected chi connectivity index (χ3v) is 4.31. The van der Waals surface area contributed by atoms with E-state index in [1.165, 1.54) is 64.2 Å². The van der Waals surface area contributed by atoms with Gasteiger partial charge in [-0.15, -0.1) is 0 Å². The summed E-state index contributed by atoms with van der Waals surface area (Å²) in [4.78, 5) is 11.7. The monoisotopic (exact) mass is 294 g/mol. The van der Waals surface area contributed by atoms with E-state index in [1.54, 1.807) is 0 Å². The summed E-state index contributed by atoms with van der Waals surface area (Å²) >= 11 is 0. The van der Waals surface area contributed by atoms with Gasteiger partial charge in [0, 0.05) is 0 Å². The number of carbonyl (C=O) groups is 1. The molecule has 0 fully saturated rings. The molecule has 1 aliphatic carbocycles. The molecular formula is C19H34O2. The molecule has 0 aromatic carbocycles. The summed E-state index contributed by atoms with van der Waals surface area (Å²) in [6.07, 6.45) is 20.6. The zero-order chi connectivity index (χ0) is 15.2. The molecule has 122 valence electrons. The van der Waals surface area contributed by atoms with Crippen LogP contribution in [0, 0.1) is 5.92 Å². The number of hydrogen-bond donors (Lipinski definition) is 0. The van der Waals surface area contributed by atoms with Crippen LogP contribution >= 0.6 is 0 Å². The predicted octanol–water partition coefficient (Wildman–Crippen LogP) is 5.81. The van der Waals surface area contributed by atoms with Gasteiger partial charge in [-0.25, -0.2) is 0 Å². The number of hydrogen-bond acceptors (Lipinski definition) is 2. The van der Waals surface area contributed by atoms with Gasteiger partial charge in [-0.05, 0) is 19.3 Å². The van der Waals surface area contributed by atoms with Gasteiger partial charge in [-0.3, -0.25) is 4.79 Å². The lowest BCUT2D eigenvalue weighted by atomic mass is 10.1. The maximum Gasteiger partial charge on any atom is 0.312 e. The molecule has 21 heavy (non-hydrogen) atoms. The maximum atomic E-state index is 11.7. The molecule has 0 heterocycles. The smallest absolute Gasteiger partial charge is 0.312 e. The van der Waals surface area contributed by atoms with Crippen LogP contribution in [-0.2, 0) is 9.53 Å². The predicted molar refractivity (Wildman–Crippen MR) is 89.3 cm³/mol. The minimum Gasteiger partial charge on any atom is -0.465 e. The molecule has 0 N–H and O–H groups in total. The molecule has 0 radical (unpaired) electrons. The normalized spacial score (nSPS) is 17.3. The highest BCUT2D eigenvalue weighted by atomic mass is 16.5. The van der Waals surface area contributed by atoms with Crippen LogP contribution in [0.4, 0.5) is 0 Å². The fourth-order valence-corrected chi connectivity index (χ4v) is 2.87. The van der Waals surface area contributed by atoms with E-state index in [2.05, 4.69) is 13.0 Å². The lowest BCUT2D eigenvalue weighted by molar-refractivity contribution is -0.146. The van der Waals surface area contributed by atoms with Gasteiger partial charge >= 0.3 is 5.97 Å². The van der Waals surface area contributed by atoms with Gasteiger partial charge in [0.2, 0.25) is 0 Å². The van der Waals surface area contributed by atoms with Crippen molar-refractivity contribution in [1.29, 1.82) is 0 Å². The van der Waals surface area contributed by atoms with Gasteiger partial charge in [0.05, 0.1) is 12.5 Å². The summed E-state index contributed by atoms with van der Waals surface area (Å²) in [5, 5.41) is 0. The number of allylic oxidation sites excluding steroid dienone is 1. The fraction of sp³-hybridized carbons (Fsp3) is 0.842. The lowest BCUT2D eigenvalue weighted by Crippen LogP contribution is -2.14. The Balaban J connectivity index is 1.76. The van der Waals surface area contributed by atoms with Crippen molar-refractivity contribution in [1.82, 2.24) is 0 Å². The topological polar surface area (TPSA) is 26.3 Å². The van der Waals surface area contributed by atoms with Gasteiger partial charge in [0.1, 0.15) is 0 Å². The molecule has 0 bridgehead atoms. The Morgan fingerprint density at radius 1 is 0.952 bits per heavy atom. The summed E-state index contributed by atoms with van der Waals surface area (Å²) < 4.78 is 5.32. The molecule has 0 saturated carbocycles. The summed E-state index contributed by atoms with van der Waals surface area (Å²) in [6.45, 7) is 2.88. The number of esters is 1. The van der Waals surface area contributed by atoms with Crippen LogP contribution in [0.5, 0.6) is 0 Å². The van der Waals surface area contributed by atoms with Crippen LogP contribution in [0.25, 0.3) is 0 Å². The van der Waals surface area contributed by atoms with Crippen molar-refractivity contribution in [3.8, 4) is 0 Å². The van der Waals surface area contributed by atoms with Crippen molar-refractivity contribution in [3.63, 3.8) is 0 Å². The first-order chi connectivity index (χ1) is 10.3. The Morgan fingerprint density at radius 3 is 2.05 bits per heavy atom. The zero-order valence-corrected chi connectivity index (χ0v) is 13.9. The van der Waals surface area contributed by atoms with E-state index in [-0.39, 0.29) is 11.9 Å².